The Morgan fingerprint density at radius 2 is 1.76 bits per heavy atom. The number of alkyl halides is 3. The smallest absolute Gasteiger partial charge is 0.357 e. The fraction of sp³-hybridized carbons (Fsp3) is 0.500. The average Bonchev–Trinajstić information content (AvgIpc) is 2.54. The van der Waals surface area contributed by atoms with E-state index in [4.69, 9.17) is 0 Å². The Morgan fingerprint density at radius 1 is 1.08 bits per heavy atom. The van der Waals surface area contributed by atoms with Crippen molar-refractivity contribution in [3.05, 3.63) is 35.9 Å². The van der Waals surface area contributed by atoms with Crippen molar-refractivity contribution in [2.45, 2.75) is 25.9 Å². The van der Waals surface area contributed by atoms with Crippen molar-refractivity contribution in [3.63, 3.8) is 0 Å². The molecule has 0 spiro atoms. The predicted octanol–water partition coefficient (Wildman–Crippen LogP) is 2.93. The van der Waals surface area contributed by atoms with Gasteiger partial charge in [0.15, 0.2) is 5.96 Å². The lowest BCUT2D eigenvalue weighted by molar-refractivity contribution is -0.132. The number of aliphatic imine (C=N–C) groups is 1. The first-order valence-electron chi connectivity index (χ1n) is 7.84. The van der Waals surface area contributed by atoms with E-state index in [2.05, 4.69) is 20.9 Å². The van der Waals surface area contributed by atoms with E-state index < -0.39 is 12.6 Å². The summed E-state index contributed by atoms with van der Waals surface area (Å²) in [5.74, 6) is 0.186. The summed E-state index contributed by atoms with van der Waals surface area (Å²) in [7, 11) is 0. The van der Waals surface area contributed by atoms with E-state index in [0.29, 0.717) is 37.6 Å². The molecule has 3 N–H and O–H groups in total. The summed E-state index contributed by atoms with van der Waals surface area (Å²) in [6.45, 7) is 3.01. The number of nitrogens with one attached hydrogen (secondary N) is 3. The van der Waals surface area contributed by atoms with Gasteiger partial charge in [-0.2, -0.15) is 13.2 Å². The Labute approximate surface area is 162 Å². The van der Waals surface area contributed by atoms with Crippen LogP contribution >= 0.6 is 24.0 Å². The quantitative estimate of drug-likeness (QED) is 0.236. The second kappa shape index (κ2) is 12.8. The fourth-order valence-corrected chi connectivity index (χ4v) is 1.83. The van der Waals surface area contributed by atoms with Gasteiger partial charge in [0.25, 0.3) is 5.91 Å². The maximum Gasteiger partial charge on any atom is 0.390 e. The molecule has 0 saturated carbocycles. The van der Waals surface area contributed by atoms with E-state index in [1.807, 2.05) is 13.0 Å². The van der Waals surface area contributed by atoms with Gasteiger partial charge in [0, 0.05) is 31.7 Å². The molecule has 0 aromatic heterocycles. The first-order chi connectivity index (χ1) is 11.4. The van der Waals surface area contributed by atoms with Crippen LogP contribution in [0, 0.1) is 0 Å². The topological polar surface area (TPSA) is 65.5 Å². The van der Waals surface area contributed by atoms with Crippen molar-refractivity contribution < 1.29 is 18.0 Å². The largest absolute Gasteiger partial charge is 0.390 e. The van der Waals surface area contributed by atoms with Gasteiger partial charge in [-0.1, -0.05) is 18.2 Å². The summed E-state index contributed by atoms with van der Waals surface area (Å²) in [6.07, 6.45) is -4.51. The molecule has 0 radical (unpaired) electrons. The van der Waals surface area contributed by atoms with Crippen LogP contribution in [0.4, 0.5) is 13.2 Å². The molecule has 0 saturated heterocycles. The maximum atomic E-state index is 12.1. The average molecular weight is 472 g/mol. The Hall–Kier alpha value is -1.52. The van der Waals surface area contributed by atoms with Gasteiger partial charge in [-0.15, -0.1) is 24.0 Å². The van der Waals surface area contributed by atoms with Gasteiger partial charge >= 0.3 is 6.18 Å². The number of guanidine groups is 1. The lowest BCUT2D eigenvalue weighted by Gasteiger charge is -2.12. The van der Waals surface area contributed by atoms with Crippen LogP contribution in [0.5, 0.6) is 0 Å². The lowest BCUT2D eigenvalue weighted by Crippen LogP contribution is -2.39. The van der Waals surface area contributed by atoms with Gasteiger partial charge < -0.3 is 16.0 Å². The van der Waals surface area contributed by atoms with Crippen LogP contribution < -0.4 is 16.0 Å². The number of carbonyl (C=O) groups excluding carboxylic acids is 1. The Morgan fingerprint density at radius 3 is 2.36 bits per heavy atom. The van der Waals surface area contributed by atoms with Crippen LogP contribution in [-0.4, -0.2) is 44.2 Å². The second-order valence-electron chi connectivity index (χ2n) is 5.03. The van der Waals surface area contributed by atoms with Gasteiger partial charge in [0.2, 0.25) is 0 Å². The van der Waals surface area contributed by atoms with E-state index in [1.165, 1.54) is 0 Å². The zero-order valence-electron chi connectivity index (χ0n) is 14.0. The monoisotopic (exact) mass is 472 g/mol. The predicted molar refractivity (Wildman–Crippen MR) is 103 cm³/mol. The number of halogens is 4. The highest BCUT2D eigenvalue weighted by Gasteiger charge is 2.26. The third kappa shape index (κ3) is 11.6. The Balaban J connectivity index is 0.00000576. The molecule has 0 bridgehead atoms. The molecular weight excluding hydrogens is 448 g/mol. The Bertz CT molecular complexity index is 524. The van der Waals surface area contributed by atoms with Crippen molar-refractivity contribution in [1.29, 1.82) is 0 Å². The minimum Gasteiger partial charge on any atom is -0.357 e. The summed E-state index contributed by atoms with van der Waals surface area (Å²) in [5, 5.41) is 8.28. The molecule has 0 aliphatic rings. The molecule has 0 fully saturated rings. The van der Waals surface area contributed by atoms with Crippen LogP contribution in [0.2, 0.25) is 0 Å². The first-order valence-corrected chi connectivity index (χ1v) is 7.84. The van der Waals surface area contributed by atoms with Crippen molar-refractivity contribution in [2.75, 3.05) is 26.2 Å². The third-order valence-electron chi connectivity index (χ3n) is 2.97. The number of carbonyl (C=O) groups is 1. The standard InChI is InChI=1S/C16H23F3N4O.HI/c1-2-20-15(23-12-9-16(17,18)19)22-11-6-10-21-14(24)13-7-4-3-5-8-13;/h3-5,7-8H,2,6,9-12H2,1H3,(H,21,24)(H2,20,22,23);1H. The van der Waals surface area contributed by atoms with Crippen LogP contribution in [-0.2, 0) is 0 Å². The van der Waals surface area contributed by atoms with Crippen LogP contribution in [0.3, 0.4) is 0 Å². The van der Waals surface area contributed by atoms with Gasteiger partial charge in [0.1, 0.15) is 0 Å². The van der Waals surface area contributed by atoms with E-state index in [0.717, 1.165) is 0 Å². The molecule has 5 nitrogen and oxygen atoms in total. The minimum atomic E-state index is -4.19. The van der Waals surface area contributed by atoms with Crippen molar-refractivity contribution in [1.82, 2.24) is 16.0 Å². The molecular formula is C16H24F3IN4O. The molecule has 1 aromatic carbocycles. The Kier molecular flexibility index (Phi) is 12.0. The first kappa shape index (κ1) is 23.5. The second-order valence-corrected chi connectivity index (χ2v) is 5.03. The number of hydrogen-bond acceptors (Lipinski definition) is 2. The zero-order chi connectivity index (χ0) is 17.8. The molecule has 9 heteroatoms. The summed E-state index contributed by atoms with van der Waals surface area (Å²) >= 11 is 0. The highest BCUT2D eigenvalue weighted by molar-refractivity contribution is 14.0. The highest BCUT2D eigenvalue weighted by Crippen LogP contribution is 2.17. The van der Waals surface area contributed by atoms with E-state index in [9.17, 15) is 18.0 Å². The summed E-state index contributed by atoms with van der Waals surface area (Å²) < 4.78 is 36.4. The molecule has 0 aliphatic carbocycles. The molecule has 0 atom stereocenters. The molecule has 25 heavy (non-hydrogen) atoms. The highest BCUT2D eigenvalue weighted by atomic mass is 127. The number of hydrogen-bond donors (Lipinski definition) is 3. The van der Waals surface area contributed by atoms with E-state index in [-0.39, 0.29) is 36.4 Å². The number of amides is 1. The van der Waals surface area contributed by atoms with Crippen LogP contribution in [0.1, 0.15) is 30.1 Å². The van der Waals surface area contributed by atoms with Crippen molar-refractivity contribution >= 4 is 35.8 Å². The van der Waals surface area contributed by atoms with E-state index >= 15 is 0 Å². The molecule has 1 rings (SSSR count). The number of benzene rings is 1. The number of rotatable bonds is 8. The molecule has 1 amide bonds. The molecule has 0 aliphatic heterocycles. The minimum absolute atomic E-state index is 0. The van der Waals surface area contributed by atoms with Crippen LogP contribution in [0.15, 0.2) is 35.3 Å². The van der Waals surface area contributed by atoms with Gasteiger partial charge in [0.05, 0.1) is 6.42 Å². The summed E-state index contributed by atoms with van der Waals surface area (Å²) in [6, 6.07) is 8.85. The van der Waals surface area contributed by atoms with Crippen LogP contribution in [0.25, 0.3) is 0 Å². The van der Waals surface area contributed by atoms with E-state index in [1.54, 1.807) is 24.3 Å². The molecule has 142 valence electrons. The molecule has 0 heterocycles. The fourth-order valence-electron chi connectivity index (χ4n) is 1.83. The van der Waals surface area contributed by atoms with Crippen molar-refractivity contribution in [2.24, 2.45) is 4.99 Å². The molecule has 1 aromatic rings. The maximum absolute atomic E-state index is 12.1. The summed E-state index contributed by atoms with van der Waals surface area (Å²) in [4.78, 5) is 16.0. The SMILES string of the molecule is CCNC(=NCCCNC(=O)c1ccccc1)NCCC(F)(F)F.I. The normalized spacial score (nSPS) is 11.4. The van der Waals surface area contributed by atoms with Gasteiger partial charge in [-0.05, 0) is 25.5 Å². The van der Waals surface area contributed by atoms with Gasteiger partial charge in [-0.3, -0.25) is 9.79 Å². The lowest BCUT2D eigenvalue weighted by atomic mass is 10.2. The third-order valence-corrected chi connectivity index (χ3v) is 2.97. The summed E-state index contributed by atoms with van der Waals surface area (Å²) in [5.41, 5.74) is 0.586. The van der Waals surface area contributed by atoms with Gasteiger partial charge in [-0.25, -0.2) is 0 Å². The van der Waals surface area contributed by atoms with Crippen molar-refractivity contribution in [3.8, 4) is 0 Å². The molecule has 0 unspecified atom stereocenters. The number of nitrogens with zero attached hydrogens (tertiary/aromatic N) is 1. The zero-order valence-corrected chi connectivity index (χ0v) is 16.4.